The van der Waals surface area contributed by atoms with Gasteiger partial charge >= 0.3 is 0 Å². The van der Waals surface area contributed by atoms with Gasteiger partial charge in [0.1, 0.15) is 5.82 Å². The van der Waals surface area contributed by atoms with Crippen molar-refractivity contribution in [2.75, 3.05) is 23.7 Å². The van der Waals surface area contributed by atoms with Crippen LogP contribution in [0.4, 0.5) is 5.82 Å². The van der Waals surface area contributed by atoms with Crippen molar-refractivity contribution in [3.8, 4) is 0 Å². The summed E-state index contributed by atoms with van der Waals surface area (Å²) >= 11 is 0. The number of anilines is 1. The summed E-state index contributed by atoms with van der Waals surface area (Å²) in [5, 5.41) is 0. The molecule has 0 spiro atoms. The number of fused-ring (bicyclic) bond motifs is 1. The minimum Gasteiger partial charge on any atom is -0.372 e. The van der Waals surface area contributed by atoms with E-state index in [4.69, 9.17) is 9.72 Å². The summed E-state index contributed by atoms with van der Waals surface area (Å²) < 4.78 is 30.5. The highest BCUT2D eigenvalue weighted by atomic mass is 32.2. The van der Waals surface area contributed by atoms with E-state index in [-0.39, 0.29) is 12.2 Å². The molecule has 0 unspecified atom stereocenters. The molecule has 0 bridgehead atoms. The van der Waals surface area contributed by atoms with Gasteiger partial charge in [0.15, 0.2) is 9.84 Å². The molecule has 1 aliphatic heterocycles. The molecule has 2 heterocycles. The first-order valence-corrected chi connectivity index (χ1v) is 13.5. The quantitative estimate of drug-likeness (QED) is 0.673. The molecule has 0 aromatic carbocycles. The van der Waals surface area contributed by atoms with E-state index in [2.05, 4.69) is 30.9 Å². The Balaban J connectivity index is 1.44. The highest BCUT2D eigenvalue weighted by Crippen LogP contribution is 2.41. The molecule has 0 N–H and O–H groups in total. The van der Waals surface area contributed by atoms with Crippen LogP contribution in [0.2, 0.25) is 0 Å². The van der Waals surface area contributed by atoms with Gasteiger partial charge in [-0.1, -0.05) is 11.6 Å². The average molecular weight is 447 g/mol. The summed E-state index contributed by atoms with van der Waals surface area (Å²) in [5.41, 5.74) is 4.18. The first kappa shape index (κ1) is 22.8. The van der Waals surface area contributed by atoms with Crippen LogP contribution in [0.15, 0.2) is 17.8 Å². The van der Waals surface area contributed by atoms with Gasteiger partial charge in [0.05, 0.1) is 22.7 Å². The van der Waals surface area contributed by atoms with E-state index in [1.807, 2.05) is 27.0 Å². The molecular formula is C25H38N2O3S. The molecule has 1 aromatic heterocycles. The van der Waals surface area contributed by atoms with E-state index in [9.17, 15) is 8.42 Å². The van der Waals surface area contributed by atoms with Gasteiger partial charge in [0.25, 0.3) is 0 Å². The highest BCUT2D eigenvalue weighted by Gasteiger charge is 2.35. The van der Waals surface area contributed by atoms with Crippen molar-refractivity contribution >= 4 is 21.7 Å². The highest BCUT2D eigenvalue weighted by molar-refractivity contribution is 7.92. The van der Waals surface area contributed by atoms with Crippen LogP contribution in [0.25, 0.3) is 6.08 Å². The Hall–Kier alpha value is -1.40. The molecule has 2 fully saturated rings. The fourth-order valence-electron chi connectivity index (χ4n) is 5.39. The second-order valence-electron chi connectivity index (χ2n) is 10.9. The first-order chi connectivity index (χ1) is 14.5. The van der Waals surface area contributed by atoms with E-state index >= 15 is 0 Å². The minimum absolute atomic E-state index is 0.214. The van der Waals surface area contributed by atoms with Crippen molar-refractivity contribution in [3.05, 3.63) is 29.0 Å². The van der Waals surface area contributed by atoms with Crippen molar-refractivity contribution in [3.63, 3.8) is 0 Å². The van der Waals surface area contributed by atoms with E-state index in [0.29, 0.717) is 17.6 Å². The van der Waals surface area contributed by atoms with Crippen LogP contribution >= 0.6 is 0 Å². The van der Waals surface area contributed by atoms with Crippen LogP contribution in [0.5, 0.6) is 0 Å². The van der Waals surface area contributed by atoms with Gasteiger partial charge in [-0.2, -0.15) is 0 Å². The van der Waals surface area contributed by atoms with Crippen LogP contribution in [0.1, 0.15) is 71.4 Å². The smallest absolute Gasteiger partial charge is 0.155 e. The van der Waals surface area contributed by atoms with Crippen molar-refractivity contribution in [2.24, 2.45) is 11.8 Å². The van der Waals surface area contributed by atoms with Crippen LogP contribution in [0, 0.1) is 11.8 Å². The Morgan fingerprint density at radius 1 is 1.10 bits per heavy atom. The molecule has 3 aliphatic rings. The van der Waals surface area contributed by atoms with Crippen molar-refractivity contribution in [2.45, 2.75) is 83.7 Å². The fourth-order valence-corrected chi connectivity index (χ4v) is 6.85. The third kappa shape index (κ3) is 4.85. The molecule has 0 amide bonds. The number of allylic oxidation sites excluding steroid dienone is 1. The van der Waals surface area contributed by atoms with Crippen molar-refractivity contribution in [1.29, 1.82) is 0 Å². The van der Waals surface area contributed by atoms with E-state index in [1.165, 1.54) is 16.7 Å². The Kier molecular flexibility index (Phi) is 6.25. The number of sulfone groups is 1. The summed E-state index contributed by atoms with van der Waals surface area (Å²) in [5.74, 6) is 2.30. The van der Waals surface area contributed by atoms with Crippen molar-refractivity contribution in [1.82, 2.24) is 4.98 Å². The standard InChI is InChI=1S/C25H38N2O3S/c1-17-14-27(15-18(2)30-17)24-23-13-22(12-21(23)10-11-26-24)20-8-6-19(7-9-20)16-31(28,29)25(3,4)5/h10-11,13,17-20H,6-9,12,14-16H2,1-5H3/t17-,18+,19?,20?. The SMILES string of the molecule is C[C@@H]1CN(c2nccc3c2C=C(C2CCC(CS(=O)(=O)C(C)(C)C)CC2)C3)C[C@H](C)O1. The molecule has 172 valence electrons. The van der Waals surface area contributed by atoms with Gasteiger partial charge < -0.3 is 9.64 Å². The van der Waals surface area contributed by atoms with E-state index < -0.39 is 14.6 Å². The molecule has 2 atom stereocenters. The lowest BCUT2D eigenvalue weighted by Gasteiger charge is -2.36. The number of ether oxygens (including phenoxy) is 1. The Morgan fingerprint density at radius 3 is 2.35 bits per heavy atom. The summed E-state index contributed by atoms with van der Waals surface area (Å²) in [6.45, 7) is 11.5. The maximum Gasteiger partial charge on any atom is 0.155 e. The lowest BCUT2D eigenvalue weighted by Crippen LogP contribution is -2.46. The zero-order valence-corrected chi connectivity index (χ0v) is 20.5. The van der Waals surface area contributed by atoms with Gasteiger partial charge in [-0.05, 0) is 90.2 Å². The lowest BCUT2D eigenvalue weighted by molar-refractivity contribution is -0.00547. The normalized spacial score (nSPS) is 29.6. The predicted molar refractivity (Wildman–Crippen MR) is 127 cm³/mol. The van der Waals surface area contributed by atoms with Gasteiger partial charge in [0.2, 0.25) is 0 Å². The summed E-state index contributed by atoms with van der Waals surface area (Å²) in [4.78, 5) is 7.14. The van der Waals surface area contributed by atoms with Gasteiger partial charge in [0, 0.05) is 24.8 Å². The molecule has 31 heavy (non-hydrogen) atoms. The largest absolute Gasteiger partial charge is 0.372 e. The van der Waals surface area contributed by atoms with Crippen molar-refractivity contribution < 1.29 is 13.2 Å². The lowest BCUT2D eigenvalue weighted by atomic mass is 9.78. The monoisotopic (exact) mass is 446 g/mol. The summed E-state index contributed by atoms with van der Waals surface area (Å²) in [7, 11) is -3.04. The van der Waals surface area contributed by atoms with E-state index in [1.54, 1.807) is 0 Å². The third-order valence-corrected chi connectivity index (χ3v) is 10.0. The van der Waals surface area contributed by atoms with Gasteiger partial charge in [-0.3, -0.25) is 0 Å². The fraction of sp³-hybridized carbons (Fsp3) is 0.720. The van der Waals surface area contributed by atoms with Crippen LogP contribution in [0.3, 0.4) is 0 Å². The second-order valence-corrected chi connectivity index (χ2v) is 13.7. The topological polar surface area (TPSA) is 59.5 Å². The second kappa shape index (κ2) is 8.51. The number of nitrogens with zero attached hydrogens (tertiary/aromatic N) is 2. The predicted octanol–water partition coefficient (Wildman–Crippen LogP) is 4.65. The number of hydrogen-bond donors (Lipinski definition) is 0. The number of pyridine rings is 1. The number of aromatic nitrogens is 1. The minimum atomic E-state index is -3.04. The third-order valence-electron chi connectivity index (χ3n) is 7.26. The zero-order chi connectivity index (χ0) is 22.4. The molecule has 1 aromatic rings. The van der Waals surface area contributed by atoms with Gasteiger partial charge in [-0.15, -0.1) is 0 Å². The van der Waals surface area contributed by atoms with Crippen LogP contribution < -0.4 is 4.90 Å². The molecule has 1 saturated heterocycles. The van der Waals surface area contributed by atoms with Gasteiger partial charge in [-0.25, -0.2) is 13.4 Å². The molecular weight excluding hydrogens is 408 g/mol. The molecule has 1 saturated carbocycles. The zero-order valence-electron chi connectivity index (χ0n) is 19.7. The first-order valence-electron chi connectivity index (χ1n) is 11.8. The summed E-state index contributed by atoms with van der Waals surface area (Å²) in [6.07, 6.45) is 9.99. The number of hydrogen-bond acceptors (Lipinski definition) is 5. The Labute approximate surface area is 188 Å². The number of morpholine rings is 1. The number of rotatable bonds is 4. The molecule has 6 heteroatoms. The average Bonchev–Trinajstić information content (AvgIpc) is 3.11. The molecule has 5 nitrogen and oxygen atoms in total. The van der Waals surface area contributed by atoms with E-state index in [0.717, 1.165) is 51.0 Å². The summed E-state index contributed by atoms with van der Waals surface area (Å²) in [6, 6.07) is 2.16. The molecule has 2 aliphatic carbocycles. The molecule has 0 radical (unpaired) electrons. The van der Waals surface area contributed by atoms with Crippen LogP contribution in [-0.4, -0.2) is 49.2 Å². The maximum absolute atomic E-state index is 12.6. The maximum atomic E-state index is 12.6. The Bertz CT molecular complexity index is 930. The molecule has 4 rings (SSSR count). The Morgan fingerprint density at radius 2 is 1.74 bits per heavy atom. The van der Waals surface area contributed by atoms with Crippen LogP contribution in [-0.2, 0) is 21.0 Å².